The normalized spacial score (nSPS) is 19.6. The summed E-state index contributed by atoms with van der Waals surface area (Å²) in [5, 5.41) is 14.7. The molecule has 3 rings (SSSR count). The Morgan fingerprint density at radius 3 is 1.97 bits per heavy atom. The van der Waals surface area contributed by atoms with Crippen molar-refractivity contribution >= 4 is 24.8 Å². The molecule has 1 heterocycles. The average Bonchev–Trinajstić information content (AvgIpc) is 3.29. The van der Waals surface area contributed by atoms with Gasteiger partial charge in [-0.1, -0.05) is 81.4 Å². The molecule has 0 spiro atoms. The molecular formula is C28H41NO8Si. The first kappa shape index (κ1) is 30.2. The maximum Gasteiger partial charge on any atom is 0.407 e. The van der Waals surface area contributed by atoms with Gasteiger partial charge in [-0.05, 0) is 21.8 Å². The van der Waals surface area contributed by atoms with E-state index < -0.39 is 32.2 Å². The van der Waals surface area contributed by atoms with Crippen molar-refractivity contribution in [1.82, 2.24) is 5.32 Å². The topological polar surface area (TPSA) is 105 Å². The molecule has 0 aliphatic carbocycles. The number of aliphatic hydroxyl groups excluding tert-OH is 1. The maximum absolute atomic E-state index is 12.5. The van der Waals surface area contributed by atoms with E-state index in [-0.39, 0.29) is 44.9 Å². The number of methoxy groups -OCH3 is 2. The van der Waals surface area contributed by atoms with Gasteiger partial charge in [0, 0.05) is 20.8 Å². The Hall–Kier alpha value is -2.31. The molecule has 1 fully saturated rings. The number of carbonyl (C=O) groups excluding carboxylic acids is 1. The fourth-order valence-corrected chi connectivity index (χ4v) is 9.78. The fourth-order valence-electron chi connectivity index (χ4n) is 5.15. The number of nitrogens with one attached hydrogen (secondary N) is 1. The minimum Gasteiger partial charge on any atom is -0.447 e. The highest BCUT2D eigenvalue weighted by molar-refractivity contribution is 6.99. The van der Waals surface area contributed by atoms with Gasteiger partial charge in [-0.3, -0.25) is 0 Å². The van der Waals surface area contributed by atoms with E-state index in [4.69, 9.17) is 28.1 Å². The van der Waals surface area contributed by atoms with Crippen molar-refractivity contribution in [3.05, 3.63) is 60.7 Å². The SMILES string of the molecule is COCO[C@@H](CCO)[C@@H](OCOC)[C@@]1(CO[Si](c2ccccc2)(c2ccccc2)C(C)(C)C)COC(=O)N1. The van der Waals surface area contributed by atoms with Crippen molar-refractivity contribution in [2.45, 2.75) is 50.0 Å². The van der Waals surface area contributed by atoms with Crippen LogP contribution in [0.4, 0.5) is 4.79 Å². The van der Waals surface area contributed by atoms with E-state index in [9.17, 15) is 9.90 Å². The molecular weight excluding hydrogens is 506 g/mol. The Balaban J connectivity index is 2.11. The van der Waals surface area contributed by atoms with Crippen LogP contribution in [-0.2, 0) is 28.1 Å². The molecule has 1 aliphatic heterocycles. The van der Waals surface area contributed by atoms with Gasteiger partial charge in [-0.2, -0.15) is 0 Å². The van der Waals surface area contributed by atoms with E-state index in [0.29, 0.717) is 0 Å². The van der Waals surface area contributed by atoms with Gasteiger partial charge in [0.05, 0.1) is 12.7 Å². The standard InChI is InChI=1S/C28H41NO8Si/c1-27(2,3)38(22-12-8-6-9-13-22,23-14-10-7-11-15-23)37-19-28(18-34-26(31)29-28)25(36-21-33-5)24(16-17-30)35-20-32-4/h6-15,24-25,30H,16-21H2,1-5H3,(H,29,31)/t24-,25+,28-/m0/s1. The molecule has 9 nitrogen and oxygen atoms in total. The molecule has 10 heteroatoms. The molecule has 0 saturated carbocycles. The Labute approximate surface area is 226 Å². The first-order valence-corrected chi connectivity index (χ1v) is 14.7. The van der Waals surface area contributed by atoms with Crippen LogP contribution in [0.5, 0.6) is 0 Å². The summed E-state index contributed by atoms with van der Waals surface area (Å²) in [5.74, 6) is 0. The molecule has 38 heavy (non-hydrogen) atoms. The molecule has 1 aliphatic rings. The summed E-state index contributed by atoms with van der Waals surface area (Å²) in [4.78, 5) is 12.5. The van der Waals surface area contributed by atoms with Crippen LogP contribution in [0.15, 0.2) is 60.7 Å². The highest BCUT2D eigenvalue weighted by Gasteiger charge is 2.56. The Morgan fingerprint density at radius 2 is 1.53 bits per heavy atom. The quantitative estimate of drug-likeness (QED) is 0.259. The fraction of sp³-hybridized carbons (Fsp3) is 0.536. The van der Waals surface area contributed by atoms with E-state index in [0.717, 1.165) is 10.4 Å². The van der Waals surface area contributed by atoms with Crippen molar-refractivity contribution in [3.63, 3.8) is 0 Å². The van der Waals surface area contributed by atoms with Gasteiger partial charge in [0.15, 0.2) is 0 Å². The summed E-state index contributed by atoms with van der Waals surface area (Å²) in [7, 11) is 0.0843. The summed E-state index contributed by atoms with van der Waals surface area (Å²) >= 11 is 0. The number of ether oxygens (including phenoxy) is 5. The van der Waals surface area contributed by atoms with Gasteiger partial charge in [0.25, 0.3) is 8.32 Å². The third-order valence-corrected chi connectivity index (χ3v) is 11.8. The van der Waals surface area contributed by atoms with E-state index in [2.05, 4.69) is 50.4 Å². The van der Waals surface area contributed by atoms with Crippen LogP contribution in [0.2, 0.25) is 5.04 Å². The van der Waals surface area contributed by atoms with Crippen LogP contribution in [0.25, 0.3) is 0 Å². The van der Waals surface area contributed by atoms with Gasteiger partial charge < -0.3 is 38.5 Å². The van der Waals surface area contributed by atoms with Crippen molar-refractivity contribution in [3.8, 4) is 0 Å². The molecule has 3 atom stereocenters. The van der Waals surface area contributed by atoms with Gasteiger partial charge in [-0.25, -0.2) is 4.79 Å². The maximum atomic E-state index is 12.5. The second kappa shape index (κ2) is 13.7. The van der Waals surface area contributed by atoms with E-state index in [1.807, 2.05) is 36.4 Å². The number of rotatable bonds is 15. The van der Waals surface area contributed by atoms with Crippen LogP contribution in [0.3, 0.4) is 0 Å². The summed E-state index contributed by atoms with van der Waals surface area (Å²) in [6.45, 7) is 6.41. The van der Waals surface area contributed by atoms with Crippen molar-refractivity contribution in [2.75, 3.05) is 47.6 Å². The number of cyclic esters (lactones) is 1. The van der Waals surface area contributed by atoms with Gasteiger partial charge in [0.2, 0.25) is 0 Å². The molecule has 2 N–H and O–H groups in total. The van der Waals surface area contributed by atoms with Crippen molar-refractivity contribution in [1.29, 1.82) is 0 Å². The number of benzene rings is 2. The van der Waals surface area contributed by atoms with Crippen LogP contribution < -0.4 is 15.7 Å². The highest BCUT2D eigenvalue weighted by atomic mass is 28.4. The summed E-state index contributed by atoms with van der Waals surface area (Å²) in [5.41, 5.74) is -1.11. The molecule has 210 valence electrons. The first-order chi connectivity index (χ1) is 18.2. The largest absolute Gasteiger partial charge is 0.447 e. The lowest BCUT2D eigenvalue weighted by Crippen LogP contribution is -2.70. The smallest absolute Gasteiger partial charge is 0.407 e. The molecule has 0 aromatic heterocycles. The lowest BCUT2D eigenvalue weighted by Gasteiger charge is -2.46. The minimum absolute atomic E-state index is 0.00329. The highest BCUT2D eigenvalue weighted by Crippen LogP contribution is 2.38. The number of hydrogen-bond acceptors (Lipinski definition) is 8. The third-order valence-electron chi connectivity index (χ3n) is 6.84. The lowest BCUT2D eigenvalue weighted by atomic mass is 9.89. The van der Waals surface area contributed by atoms with Crippen LogP contribution in [0, 0.1) is 0 Å². The molecule has 0 unspecified atom stereocenters. The van der Waals surface area contributed by atoms with Gasteiger partial charge in [-0.15, -0.1) is 0 Å². The number of hydrogen-bond donors (Lipinski definition) is 2. The van der Waals surface area contributed by atoms with Crippen molar-refractivity contribution in [2.24, 2.45) is 0 Å². The van der Waals surface area contributed by atoms with E-state index >= 15 is 0 Å². The summed E-state index contributed by atoms with van der Waals surface area (Å²) in [6, 6.07) is 20.5. The molecule has 1 saturated heterocycles. The molecule has 2 aromatic carbocycles. The second-order valence-electron chi connectivity index (χ2n) is 10.4. The molecule has 0 radical (unpaired) electrons. The number of amides is 1. The van der Waals surface area contributed by atoms with Crippen LogP contribution >= 0.6 is 0 Å². The number of alkyl carbamates (subject to hydrolysis) is 1. The molecule has 0 bridgehead atoms. The van der Waals surface area contributed by atoms with Crippen molar-refractivity contribution < 1.29 is 38.0 Å². The average molecular weight is 548 g/mol. The van der Waals surface area contributed by atoms with E-state index in [1.165, 1.54) is 14.2 Å². The molecule has 2 aromatic rings. The van der Waals surface area contributed by atoms with Gasteiger partial charge in [0.1, 0.15) is 31.8 Å². The predicted octanol–water partition coefficient (Wildman–Crippen LogP) is 2.40. The Morgan fingerprint density at radius 1 is 0.974 bits per heavy atom. The lowest BCUT2D eigenvalue weighted by molar-refractivity contribution is -0.186. The number of aliphatic hydroxyl groups is 1. The third kappa shape index (κ3) is 6.63. The zero-order valence-corrected chi connectivity index (χ0v) is 24.0. The zero-order chi connectivity index (χ0) is 27.7. The summed E-state index contributed by atoms with van der Waals surface area (Å²) in [6.07, 6.45) is -1.74. The monoisotopic (exact) mass is 547 g/mol. The van der Waals surface area contributed by atoms with Gasteiger partial charge >= 0.3 is 6.09 Å². The van der Waals surface area contributed by atoms with Crippen LogP contribution in [-0.4, -0.2) is 84.9 Å². The minimum atomic E-state index is -2.95. The zero-order valence-electron chi connectivity index (χ0n) is 23.0. The first-order valence-electron chi connectivity index (χ1n) is 12.8. The van der Waals surface area contributed by atoms with E-state index in [1.54, 1.807) is 0 Å². The second-order valence-corrected chi connectivity index (χ2v) is 14.7. The Bertz CT molecular complexity index is 948. The number of carbonyl (C=O) groups is 1. The Kier molecular flexibility index (Phi) is 10.9. The summed E-state index contributed by atoms with van der Waals surface area (Å²) < 4.78 is 35.0. The predicted molar refractivity (Wildman–Crippen MR) is 146 cm³/mol. The molecule has 1 amide bonds. The van der Waals surface area contributed by atoms with Crippen LogP contribution in [0.1, 0.15) is 27.2 Å².